The van der Waals surface area contributed by atoms with Crippen molar-refractivity contribution in [1.29, 1.82) is 5.26 Å². The van der Waals surface area contributed by atoms with Crippen LogP contribution >= 0.6 is 0 Å². The number of nitriles is 1. The fraction of sp³-hybridized carbons (Fsp3) is 0.125. The van der Waals surface area contributed by atoms with Crippen molar-refractivity contribution in [1.82, 2.24) is 0 Å². The van der Waals surface area contributed by atoms with Crippen molar-refractivity contribution in [3.05, 3.63) is 59.7 Å². The molecule has 2 aromatic rings. The molecule has 0 radical (unpaired) electrons. The van der Waals surface area contributed by atoms with Crippen LogP contribution in [0.25, 0.3) is 0 Å². The van der Waals surface area contributed by atoms with Gasteiger partial charge in [0.25, 0.3) is 5.91 Å². The maximum absolute atomic E-state index is 13.0. The molecule has 0 heterocycles. The molecule has 0 aliphatic heterocycles. The van der Waals surface area contributed by atoms with Crippen LogP contribution in [0.3, 0.4) is 0 Å². The molecule has 1 N–H and O–H groups in total. The Morgan fingerprint density at radius 1 is 1.14 bits per heavy atom. The molecule has 0 atom stereocenters. The number of benzene rings is 2. The minimum Gasteiger partial charge on any atom is -0.484 e. The lowest BCUT2D eigenvalue weighted by molar-refractivity contribution is -0.118. The highest BCUT2D eigenvalue weighted by Gasteiger charge is 2.07. The number of carbonyl (C=O) groups excluding carboxylic acids is 1. The SMILES string of the molecule is N#CCc1ccc(NC(=O)COc2ccc(F)c(F)c2)cc1. The molecule has 1 amide bonds. The molecule has 0 bridgehead atoms. The first-order chi connectivity index (χ1) is 10.6. The number of nitrogens with one attached hydrogen (secondary N) is 1. The molecule has 0 aliphatic carbocycles. The van der Waals surface area contributed by atoms with Gasteiger partial charge in [-0.3, -0.25) is 4.79 Å². The fourth-order valence-corrected chi connectivity index (χ4v) is 1.71. The number of halogens is 2. The van der Waals surface area contributed by atoms with E-state index in [1.165, 1.54) is 6.07 Å². The van der Waals surface area contributed by atoms with E-state index in [2.05, 4.69) is 5.32 Å². The Morgan fingerprint density at radius 3 is 2.50 bits per heavy atom. The third-order valence-electron chi connectivity index (χ3n) is 2.78. The van der Waals surface area contributed by atoms with Gasteiger partial charge in [-0.25, -0.2) is 8.78 Å². The van der Waals surface area contributed by atoms with E-state index >= 15 is 0 Å². The van der Waals surface area contributed by atoms with Crippen LogP contribution in [0.2, 0.25) is 0 Å². The summed E-state index contributed by atoms with van der Waals surface area (Å²) < 4.78 is 30.8. The lowest BCUT2D eigenvalue weighted by atomic mass is 10.1. The maximum Gasteiger partial charge on any atom is 0.262 e. The predicted octanol–water partition coefficient (Wildman–Crippen LogP) is 3.05. The number of hydrogen-bond donors (Lipinski definition) is 1. The molecule has 0 aromatic heterocycles. The zero-order chi connectivity index (χ0) is 15.9. The summed E-state index contributed by atoms with van der Waals surface area (Å²) in [4.78, 5) is 11.7. The number of nitrogens with zero attached hydrogens (tertiary/aromatic N) is 1. The van der Waals surface area contributed by atoms with E-state index in [1.54, 1.807) is 24.3 Å². The van der Waals surface area contributed by atoms with Crippen LogP contribution in [-0.4, -0.2) is 12.5 Å². The van der Waals surface area contributed by atoms with Crippen LogP contribution < -0.4 is 10.1 Å². The van der Waals surface area contributed by atoms with E-state index in [0.717, 1.165) is 17.7 Å². The molecule has 6 heteroatoms. The highest BCUT2D eigenvalue weighted by Crippen LogP contribution is 2.15. The first-order valence-corrected chi connectivity index (χ1v) is 6.42. The summed E-state index contributed by atoms with van der Waals surface area (Å²) in [6, 6.07) is 11.9. The summed E-state index contributed by atoms with van der Waals surface area (Å²) in [5.41, 5.74) is 1.40. The molecule has 0 unspecified atom stereocenters. The number of ether oxygens (including phenoxy) is 1. The Kier molecular flexibility index (Phi) is 5.04. The van der Waals surface area contributed by atoms with Crippen LogP contribution in [0.5, 0.6) is 5.75 Å². The highest BCUT2D eigenvalue weighted by atomic mass is 19.2. The lowest BCUT2D eigenvalue weighted by Gasteiger charge is -2.08. The second-order valence-corrected chi connectivity index (χ2v) is 4.44. The van der Waals surface area contributed by atoms with E-state index in [9.17, 15) is 13.6 Å². The second-order valence-electron chi connectivity index (χ2n) is 4.44. The van der Waals surface area contributed by atoms with Crippen LogP contribution in [0.4, 0.5) is 14.5 Å². The van der Waals surface area contributed by atoms with Gasteiger partial charge in [0.1, 0.15) is 5.75 Å². The van der Waals surface area contributed by atoms with Crippen LogP contribution in [-0.2, 0) is 11.2 Å². The third kappa shape index (κ3) is 4.28. The summed E-state index contributed by atoms with van der Waals surface area (Å²) in [6.45, 7) is -0.328. The van der Waals surface area contributed by atoms with Gasteiger partial charge in [0.15, 0.2) is 18.2 Å². The van der Waals surface area contributed by atoms with Crippen molar-refractivity contribution < 1.29 is 18.3 Å². The summed E-state index contributed by atoms with van der Waals surface area (Å²) >= 11 is 0. The Balaban J connectivity index is 1.87. The molecular formula is C16H12F2N2O2. The van der Waals surface area contributed by atoms with Gasteiger partial charge in [-0.15, -0.1) is 0 Å². The molecule has 0 aliphatic rings. The number of rotatable bonds is 5. The number of amides is 1. The monoisotopic (exact) mass is 302 g/mol. The summed E-state index contributed by atoms with van der Waals surface area (Å²) in [5.74, 6) is -2.38. The standard InChI is InChI=1S/C16H12F2N2O2/c17-14-6-5-13(9-15(14)18)22-10-16(21)20-12-3-1-11(2-4-12)7-8-19/h1-6,9H,7,10H2,(H,20,21). The third-order valence-corrected chi connectivity index (χ3v) is 2.78. The van der Waals surface area contributed by atoms with E-state index in [1.807, 2.05) is 6.07 Å². The molecule has 0 saturated carbocycles. The minimum atomic E-state index is -1.04. The first-order valence-electron chi connectivity index (χ1n) is 6.42. The van der Waals surface area contributed by atoms with Crippen LogP contribution in [0.15, 0.2) is 42.5 Å². The van der Waals surface area contributed by atoms with E-state index < -0.39 is 17.5 Å². The van der Waals surface area contributed by atoms with Gasteiger partial charge in [-0.05, 0) is 29.8 Å². The van der Waals surface area contributed by atoms with Crippen molar-refractivity contribution in [2.45, 2.75) is 6.42 Å². The minimum absolute atomic E-state index is 0.0680. The van der Waals surface area contributed by atoms with Crippen molar-refractivity contribution in [3.63, 3.8) is 0 Å². The molecule has 0 saturated heterocycles. The smallest absolute Gasteiger partial charge is 0.262 e. The molecule has 0 fully saturated rings. The van der Waals surface area contributed by atoms with Gasteiger partial charge in [0.05, 0.1) is 12.5 Å². The summed E-state index contributed by atoms with van der Waals surface area (Å²) in [6.07, 6.45) is 0.299. The van der Waals surface area contributed by atoms with Crippen LogP contribution in [0, 0.1) is 23.0 Å². The van der Waals surface area contributed by atoms with E-state index in [-0.39, 0.29) is 12.4 Å². The molecule has 0 spiro atoms. The number of hydrogen-bond acceptors (Lipinski definition) is 3. The Labute approximate surface area is 125 Å². The zero-order valence-corrected chi connectivity index (χ0v) is 11.5. The molecule has 2 aromatic carbocycles. The zero-order valence-electron chi connectivity index (χ0n) is 11.5. The summed E-state index contributed by atoms with van der Waals surface area (Å²) in [7, 11) is 0. The van der Waals surface area contributed by atoms with Gasteiger partial charge in [0.2, 0.25) is 0 Å². The number of anilines is 1. The molecule has 112 valence electrons. The van der Waals surface area contributed by atoms with Gasteiger partial charge in [0, 0.05) is 11.8 Å². The maximum atomic E-state index is 13.0. The molecule has 2 rings (SSSR count). The van der Waals surface area contributed by atoms with Gasteiger partial charge < -0.3 is 10.1 Å². The van der Waals surface area contributed by atoms with Gasteiger partial charge >= 0.3 is 0 Å². The van der Waals surface area contributed by atoms with Gasteiger partial charge in [-0.2, -0.15) is 5.26 Å². The van der Waals surface area contributed by atoms with Gasteiger partial charge in [-0.1, -0.05) is 12.1 Å². The molecular weight excluding hydrogens is 290 g/mol. The molecule has 22 heavy (non-hydrogen) atoms. The van der Waals surface area contributed by atoms with Crippen molar-refractivity contribution >= 4 is 11.6 Å². The first kappa shape index (κ1) is 15.4. The average Bonchev–Trinajstić information content (AvgIpc) is 2.51. The Morgan fingerprint density at radius 2 is 1.86 bits per heavy atom. The summed E-state index contributed by atoms with van der Waals surface area (Å²) in [5, 5.41) is 11.2. The Bertz CT molecular complexity index is 709. The number of carbonyl (C=O) groups is 1. The van der Waals surface area contributed by atoms with E-state index in [4.69, 9.17) is 10.00 Å². The average molecular weight is 302 g/mol. The quantitative estimate of drug-likeness (QED) is 0.923. The molecule has 4 nitrogen and oxygen atoms in total. The normalized spacial score (nSPS) is 9.86. The van der Waals surface area contributed by atoms with Crippen molar-refractivity contribution in [3.8, 4) is 11.8 Å². The second kappa shape index (κ2) is 7.18. The Hall–Kier alpha value is -2.94. The fourth-order valence-electron chi connectivity index (χ4n) is 1.71. The highest BCUT2D eigenvalue weighted by molar-refractivity contribution is 5.91. The van der Waals surface area contributed by atoms with Crippen LogP contribution in [0.1, 0.15) is 5.56 Å². The predicted molar refractivity (Wildman–Crippen MR) is 76.2 cm³/mol. The van der Waals surface area contributed by atoms with Crippen molar-refractivity contribution in [2.24, 2.45) is 0 Å². The van der Waals surface area contributed by atoms with E-state index in [0.29, 0.717) is 12.1 Å². The lowest BCUT2D eigenvalue weighted by Crippen LogP contribution is -2.20. The largest absolute Gasteiger partial charge is 0.484 e. The topological polar surface area (TPSA) is 62.1 Å². The van der Waals surface area contributed by atoms with Crippen molar-refractivity contribution in [2.75, 3.05) is 11.9 Å².